The molecule has 0 aromatic heterocycles. The molecule has 1 aliphatic carbocycles. The number of hydrogen-bond donors (Lipinski definition) is 1. The second kappa shape index (κ2) is 10.7. The van der Waals surface area contributed by atoms with Crippen LogP contribution in [0.25, 0.3) is 0 Å². The van der Waals surface area contributed by atoms with E-state index in [1.165, 1.54) is 4.90 Å². The van der Waals surface area contributed by atoms with Gasteiger partial charge in [0.2, 0.25) is 11.8 Å². The summed E-state index contributed by atoms with van der Waals surface area (Å²) in [6.45, 7) is 5.98. The Balaban J connectivity index is 1.74. The van der Waals surface area contributed by atoms with Gasteiger partial charge in [0.25, 0.3) is 0 Å². The van der Waals surface area contributed by atoms with Crippen molar-refractivity contribution in [3.8, 4) is 0 Å². The van der Waals surface area contributed by atoms with Gasteiger partial charge in [-0.1, -0.05) is 31.5 Å². The highest BCUT2D eigenvalue weighted by Crippen LogP contribution is 2.44. The first kappa shape index (κ1) is 29.9. The van der Waals surface area contributed by atoms with Gasteiger partial charge < -0.3 is 15.1 Å². The predicted octanol–water partition coefficient (Wildman–Crippen LogP) is 6.68. The normalized spacial score (nSPS) is 22.1. The minimum Gasteiger partial charge on any atom is -0.325 e. The number of para-hydroxylation sites is 1. The Labute approximate surface area is 229 Å². The molecule has 0 spiro atoms. The van der Waals surface area contributed by atoms with Gasteiger partial charge in [-0.05, 0) is 69.0 Å². The average molecular weight is 570 g/mol. The van der Waals surface area contributed by atoms with Crippen LogP contribution in [0.4, 0.5) is 37.7 Å². The molecule has 40 heavy (non-hydrogen) atoms. The maximum atomic E-state index is 14.0. The highest BCUT2D eigenvalue weighted by molar-refractivity contribution is 6.08. The number of amides is 2. The van der Waals surface area contributed by atoms with E-state index in [9.17, 15) is 35.9 Å². The number of nitrogens with one attached hydrogen (secondary N) is 1. The molecular weight excluding hydrogens is 536 g/mol. The van der Waals surface area contributed by atoms with E-state index in [0.717, 1.165) is 30.4 Å². The van der Waals surface area contributed by atoms with E-state index in [4.69, 9.17) is 0 Å². The van der Waals surface area contributed by atoms with Crippen LogP contribution in [0.5, 0.6) is 0 Å². The Morgan fingerprint density at radius 3 is 2.05 bits per heavy atom. The summed E-state index contributed by atoms with van der Waals surface area (Å²) in [5.74, 6) is -1.58. The summed E-state index contributed by atoms with van der Waals surface area (Å²) in [5, 5.41) is 2.34. The lowest BCUT2D eigenvalue weighted by molar-refractivity contribution is -0.143. The quantitative estimate of drug-likeness (QED) is 0.379. The van der Waals surface area contributed by atoms with Crippen LogP contribution in [0.1, 0.15) is 48.4 Å². The first-order chi connectivity index (χ1) is 18.5. The van der Waals surface area contributed by atoms with Crippen molar-refractivity contribution in [2.75, 3.05) is 36.9 Å². The van der Waals surface area contributed by atoms with Crippen LogP contribution in [-0.4, -0.2) is 43.4 Å². The molecule has 2 aliphatic rings. The second-order valence-corrected chi connectivity index (χ2v) is 11.3. The van der Waals surface area contributed by atoms with Gasteiger partial charge in [0.1, 0.15) is 0 Å². The molecule has 1 aliphatic heterocycles. The Morgan fingerprint density at radius 2 is 1.57 bits per heavy atom. The molecule has 1 N–H and O–H groups in total. The largest absolute Gasteiger partial charge is 0.416 e. The number of rotatable bonds is 7. The average Bonchev–Trinajstić information content (AvgIpc) is 3.06. The molecule has 4 rings (SSSR count). The number of halogens is 6. The summed E-state index contributed by atoms with van der Waals surface area (Å²) in [4.78, 5) is 31.1. The standard InChI is InChI=1S/C29H33F6N3O2/c1-17-7-5-8-18(2)24(17)38-16-27(19(3)25(38)39,15-37(4)14-20-9-6-10-20)26(40)36-23-12-21(28(30,31)32)11-22(13-23)29(33,34)35/h5,7-8,11-13,19-20H,6,9-10,14-16H2,1-4H3,(H,36,40)/t19-,27-/m1/s1. The van der Waals surface area contributed by atoms with Gasteiger partial charge in [-0.25, -0.2) is 0 Å². The van der Waals surface area contributed by atoms with Crippen LogP contribution in [0, 0.1) is 31.1 Å². The molecule has 2 amide bonds. The Kier molecular flexibility index (Phi) is 8.01. The summed E-state index contributed by atoms with van der Waals surface area (Å²) in [6, 6.07) is 6.51. The zero-order valence-electron chi connectivity index (χ0n) is 22.8. The Hall–Kier alpha value is -3.08. The number of benzene rings is 2. The third kappa shape index (κ3) is 5.84. The maximum absolute atomic E-state index is 14.0. The third-order valence-corrected chi connectivity index (χ3v) is 8.26. The molecular formula is C29H33F6N3O2. The molecule has 2 atom stereocenters. The molecule has 2 aromatic rings. The number of alkyl halides is 6. The van der Waals surface area contributed by atoms with Gasteiger partial charge in [-0.15, -0.1) is 0 Å². The number of carbonyl (C=O) groups excluding carboxylic acids is 2. The van der Waals surface area contributed by atoms with Crippen molar-refractivity contribution in [2.45, 2.75) is 52.4 Å². The van der Waals surface area contributed by atoms with Crippen molar-refractivity contribution in [2.24, 2.45) is 17.3 Å². The van der Waals surface area contributed by atoms with Crippen molar-refractivity contribution < 1.29 is 35.9 Å². The Bertz CT molecular complexity index is 1240. The minimum absolute atomic E-state index is 0.0161. The van der Waals surface area contributed by atoms with E-state index >= 15 is 0 Å². The lowest BCUT2D eigenvalue weighted by Gasteiger charge is -2.37. The van der Waals surface area contributed by atoms with Gasteiger partial charge in [-0.3, -0.25) is 9.59 Å². The highest BCUT2D eigenvalue weighted by atomic mass is 19.4. The van der Waals surface area contributed by atoms with Gasteiger partial charge >= 0.3 is 12.4 Å². The smallest absolute Gasteiger partial charge is 0.325 e. The van der Waals surface area contributed by atoms with Gasteiger partial charge in [0.05, 0.1) is 22.5 Å². The van der Waals surface area contributed by atoms with Crippen molar-refractivity contribution in [1.29, 1.82) is 0 Å². The van der Waals surface area contributed by atoms with Crippen LogP contribution in [0.3, 0.4) is 0 Å². The highest BCUT2D eigenvalue weighted by Gasteiger charge is 2.56. The van der Waals surface area contributed by atoms with Crippen molar-refractivity contribution in [3.63, 3.8) is 0 Å². The summed E-state index contributed by atoms with van der Waals surface area (Å²) in [5.41, 5.74) is -2.84. The van der Waals surface area contributed by atoms with Crippen LogP contribution in [0.2, 0.25) is 0 Å². The van der Waals surface area contributed by atoms with Gasteiger partial charge in [-0.2, -0.15) is 26.3 Å². The van der Waals surface area contributed by atoms with E-state index in [1.54, 1.807) is 6.92 Å². The van der Waals surface area contributed by atoms with E-state index in [-0.39, 0.29) is 25.1 Å². The monoisotopic (exact) mass is 569 g/mol. The van der Waals surface area contributed by atoms with E-state index < -0.39 is 46.4 Å². The zero-order valence-corrected chi connectivity index (χ0v) is 22.8. The zero-order chi connectivity index (χ0) is 29.6. The van der Waals surface area contributed by atoms with Crippen molar-refractivity contribution in [3.05, 3.63) is 58.7 Å². The van der Waals surface area contributed by atoms with Gasteiger partial charge in [0.15, 0.2) is 0 Å². The fourth-order valence-corrected chi connectivity index (χ4v) is 5.86. The SMILES string of the molecule is Cc1cccc(C)c1N1C[C@@](CN(C)CC2CCC2)(C(=O)Nc2cc(C(F)(F)F)cc(C(F)(F)F)c2)[C@H](C)C1=O. The molecule has 1 heterocycles. The minimum atomic E-state index is -5.06. The second-order valence-electron chi connectivity index (χ2n) is 11.3. The summed E-state index contributed by atoms with van der Waals surface area (Å²) >= 11 is 0. The molecule has 0 radical (unpaired) electrons. The first-order valence-corrected chi connectivity index (χ1v) is 13.2. The molecule has 2 aromatic carbocycles. The maximum Gasteiger partial charge on any atom is 0.416 e. The van der Waals surface area contributed by atoms with Crippen LogP contribution >= 0.6 is 0 Å². The third-order valence-electron chi connectivity index (χ3n) is 8.26. The fraction of sp³-hybridized carbons (Fsp3) is 0.517. The van der Waals surface area contributed by atoms with E-state index in [2.05, 4.69) is 5.32 Å². The number of aryl methyl sites for hydroxylation is 2. The topological polar surface area (TPSA) is 52.6 Å². The molecule has 218 valence electrons. The lowest BCUT2D eigenvalue weighted by atomic mass is 9.76. The number of anilines is 2. The fourth-order valence-electron chi connectivity index (χ4n) is 5.86. The summed E-state index contributed by atoms with van der Waals surface area (Å²) in [6.07, 6.45) is -6.93. The van der Waals surface area contributed by atoms with Crippen LogP contribution < -0.4 is 10.2 Å². The Morgan fingerprint density at radius 1 is 1.02 bits per heavy atom. The molecule has 1 saturated carbocycles. The van der Waals surface area contributed by atoms with Crippen LogP contribution in [0.15, 0.2) is 36.4 Å². The summed E-state index contributed by atoms with van der Waals surface area (Å²) < 4.78 is 80.8. The number of carbonyl (C=O) groups is 2. The molecule has 11 heteroatoms. The van der Waals surface area contributed by atoms with Crippen molar-refractivity contribution in [1.82, 2.24) is 4.90 Å². The predicted molar refractivity (Wildman–Crippen MR) is 140 cm³/mol. The van der Waals surface area contributed by atoms with Gasteiger partial charge in [0, 0.05) is 31.0 Å². The molecule has 0 unspecified atom stereocenters. The molecule has 1 saturated heterocycles. The molecule has 0 bridgehead atoms. The van der Waals surface area contributed by atoms with Crippen LogP contribution in [-0.2, 0) is 21.9 Å². The van der Waals surface area contributed by atoms with E-state index in [0.29, 0.717) is 30.3 Å². The molecule has 5 nitrogen and oxygen atoms in total. The lowest BCUT2D eigenvalue weighted by Crippen LogP contribution is -2.51. The first-order valence-electron chi connectivity index (χ1n) is 13.2. The van der Waals surface area contributed by atoms with Crippen molar-refractivity contribution >= 4 is 23.2 Å². The van der Waals surface area contributed by atoms with E-state index in [1.807, 2.05) is 44.0 Å². The summed E-state index contributed by atoms with van der Waals surface area (Å²) in [7, 11) is 1.82. The number of hydrogen-bond acceptors (Lipinski definition) is 3. The molecule has 2 fully saturated rings. The number of nitrogens with zero attached hydrogens (tertiary/aromatic N) is 2.